The molecular weight excluding hydrogens is 376 g/mol. The molecule has 0 spiro atoms. The van der Waals surface area contributed by atoms with Crippen molar-refractivity contribution in [2.75, 3.05) is 13.1 Å². The lowest BCUT2D eigenvalue weighted by molar-refractivity contribution is -0.174. The number of benzene rings is 1. The quantitative estimate of drug-likeness (QED) is 0.724. The molecule has 1 saturated heterocycles. The van der Waals surface area contributed by atoms with Crippen molar-refractivity contribution in [3.05, 3.63) is 35.4 Å². The van der Waals surface area contributed by atoms with E-state index in [1.807, 2.05) is 0 Å². The number of rotatable bonds is 3. The summed E-state index contributed by atoms with van der Waals surface area (Å²) >= 11 is 0. The van der Waals surface area contributed by atoms with E-state index in [1.165, 1.54) is 17.0 Å². The van der Waals surface area contributed by atoms with Gasteiger partial charge in [-0.15, -0.1) is 0 Å². The molecule has 8 heteroatoms. The Morgan fingerprint density at radius 3 is 2.10 bits per heavy atom. The van der Waals surface area contributed by atoms with Gasteiger partial charge >= 0.3 is 12.1 Å². The van der Waals surface area contributed by atoms with Crippen molar-refractivity contribution in [1.82, 2.24) is 9.96 Å². The maximum absolute atomic E-state index is 12.9. The minimum atomic E-state index is -0.664. The van der Waals surface area contributed by atoms with Crippen LogP contribution in [0.2, 0.25) is 0 Å². The topological polar surface area (TPSA) is 93.2 Å². The molecular formula is C21H24N2O6. The Morgan fingerprint density at radius 2 is 1.59 bits per heavy atom. The van der Waals surface area contributed by atoms with E-state index in [4.69, 9.17) is 9.57 Å². The molecule has 2 atom stereocenters. The fraction of sp³-hybridized carbons (Fsp3) is 0.524. The van der Waals surface area contributed by atoms with Crippen molar-refractivity contribution in [2.24, 2.45) is 17.8 Å². The van der Waals surface area contributed by atoms with E-state index in [1.54, 1.807) is 32.9 Å². The van der Waals surface area contributed by atoms with Crippen molar-refractivity contribution in [3.63, 3.8) is 0 Å². The van der Waals surface area contributed by atoms with Crippen molar-refractivity contribution in [3.8, 4) is 0 Å². The molecule has 3 amide bonds. The highest BCUT2D eigenvalue weighted by atomic mass is 16.7. The van der Waals surface area contributed by atoms with Crippen LogP contribution in [-0.4, -0.2) is 52.5 Å². The lowest BCUT2D eigenvalue weighted by Gasteiger charge is -2.24. The molecule has 154 valence electrons. The number of carbonyl (C=O) groups excluding carboxylic acids is 4. The van der Waals surface area contributed by atoms with Gasteiger partial charge in [-0.25, -0.2) is 9.59 Å². The van der Waals surface area contributed by atoms with Crippen molar-refractivity contribution < 1.29 is 28.8 Å². The third-order valence-electron chi connectivity index (χ3n) is 5.49. The van der Waals surface area contributed by atoms with Crippen molar-refractivity contribution >= 4 is 23.9 Å². The normalized spacial score (nSPS) is 24.0. The number of ether oxygens (including phenoxy) is 1. The zero-order valence-corrected chi connectivity index (χ0v) is 16.7. The summed E-state index contributed by atoms with van der Waals surface area (Å²) in [4.78, 5) is 57.0. The van der Waals surface area contributed by atoms with Crippen LogP contribution in [0.1, 0.15) is 54.3 Å². The maximum Gasteiger partial charge on any atom is 0.410 e. The Bertz CT molecular complexity index is 850. The Hall–Kier alpha value is -2.90. The standard InChI is InChI=1S/C21H24N2O6/c1-21(2,3)28-20(27)22-10-15(12-8-9-12)16(11-22)19(26)29-23-17(24)13-6-4-5-7-14(13)18(23)25/h4-7,12,15-16H,8-11H2,1-3H3/t15-,16+/m0/s1. The van der Waals surface area contributed by atoms with E-state index in [0.29, 0.717) is 17.5 Å². The summed E-state index contributed by atoms with van der Waals surface area (Å²) in [5, 5.41) is 0.535. The second-order valence-electron chi connectivity index (χ2n) is 8.85. The van der Waals surface area contributed by atoms with E-state index in [9.17, 15) is 19.2 Å². The fourth-order valence-corrected chi connectivity index (χ4v) is 3.96. The molecule has 0 bridgehead atoms. The molecule has 1 aliphatic carbocycles. The fourth-order valence-electron chi connectivity index (χ4n) is 3.96. The molecule has 29 heavy (non-hydrogen) atoms. The molecule has 0 N–H and O–H groups in total. The number of amides is 3. The number of likely N-dealkylation sites (tertiary alicyclic amines) is 1. The van der Waals surface area contributed by atoms with Gasteiger partial charge in [-0.05, 0) is 57.6 Å². The van der Waals surface area contributed by atoms with E-state index in [-0.39, 0.29) is 23.6 Å². The Labute approximate surface area is 168 Å². The zero-order valence-electron chi connectivity index (χ0n) is 16.7. The molecule has 2 aliphatic heterocycles. The SMILES string of the molecule is CC(C)(C)OC(=O)N1C[C@@H](C(=O)ON2C(=O)c3ccccc3C2=O)[C@H](C2CC2)C1. The average molecular weight is 400 g/mol. The number of nitrogens with zero attached hydrogens (tertiary/aromatic N) is 2. The summed E-state index contributed by atoms with van der Waals surface area (Å²) in [5.41, 5.74) is -0.207. The second kappa shape index (κ2) is 6.86. The molecule has 0 aromatic heterocycles. The van der Waals surface area contributed by atoms with Gasteiger partial charge in [-0.1, -0.05) is 17.2 Å². The summed E-state index contributed by atoms with van der Waals surface area (Å²) in [6, 6.07) is 6.34. The molecule has 0 radical (unpaired) electrons. The van der Waals surface area contributed by atoms with Gasteiger partial charge in [-0.3, -0.25) is 9.59 Å². The van der Waals surface area contributed by atoms with Crippen LogP contribution < -0.4 is 0 Å². The minimum Gasteiger partial charge on any atom is -0.444 e. The minimum absolute atomic E-state index is 0.0646. The molecule has 2 heterocycles. The Kier molecular flexibility index (Phi) is 4.59. The van der Waals surface area contributed by atoms with E-state index in [0.717, 1.165) is 12.8 Å². The molecule has 4 rings (SSSR count). The van der Waals surface area contributed by atoms with Gasteiger partial charge in [0, 0.05) is 13.1 Å². The van der Waals surface area contributed by atoms with Gasteiger partial charge < -0.3 is 14.5 Å². The first-order valence-corrected chi connectivity index (χ1v) is 9.83. The third kappa shape index (κ3) is 3.71. The molecule has 2 fully saturated rings. The molecule has 8 nitrogen and oxygen atoms in total. The van der Waals surface area contributed by atoms with Gasteiger partial charge in [0.25, 0.3) is 11.8 Å². The number of hydrogen-bond acceptors (Lipinski definition) is 6. The van der Waals surface area contributed by atoms with Gasteiger partial charge in [-0.2, -0.15) is 0 Å². The van der Waals surface area contributed by atoms with Crippen LogP contribution in [-0.2, 0) is 14.4 Å². The number of fused-ring (bicyclic) bond motifs is 1. The summed E-state index contributed by atoms with van der Waals surface area (Å²) < 4.78 is 5.42. The van der Waals surface area contributed by atoms with E-state index in [2.05, 4.69) is 0 Å². The average Bonchev–Trinajstić information content (AvgIpc) is 3.36. The highest BCUT2D eigenvalue weighted by molar-refractivity contribution is 6.20. The lowest BCUT2D eigenvalue weighted by atomic mass is 9.92. The molecule has 1 saturated carbocycles. The smallest absolute Gasteiger partial charge is 0.410 e. The van der Waals surface area contributed by atoms with Gasteiger partial charge in [0.1, 0.15) is 5.60 Å². The van der Waals surface area contributed by atoms with Crippen LogP contribution in [0.4, 0.5) is 4.79 Å². The number of hydroxylamine groups is 2. The molecule has 0 unspecified atom stereocenters. The van der Waals surface area contributed by atoms with Gasteiger partial charge in [0.15, 0.2) is 0 Å². The van der Waals surface area contributed by atoms with E-state index < -0.39 is 35.4 Å². The van der Waals surface area contributed by atoms with Crippen LogP contribution >= 0.6 is 0 Å². The van der Waals surface area contributed by atoms with Gasteiger partial charge in [0.2, 0.25) is 0 Å². The highest BCUT2D eigenvalue weighted by Crippen LogP contribution is 2.44. The Morgan fingerprint density at radius 1 is 1.00 bits per heavy atom. The van der Waals surface area contributed by atoms with Crippen molar-refractivity contribution in [1.29, 1.82) is 0 Å². The monoisotopic (exact) mass is 400 g/mol. The zero-order chi connectivity index (χ0) is 20.9. The summed E-state index contributed by atoms with van der Waals surface area (Å²) in [6.45, 7) is 5.91. The molecule has 3 aliphatic rings. The predicted octanol–water partition coefficient (Wildman–Crippen LogP) is 2.63. The number of imide groups is 1. The molecule has 1 aromatic rings. The largest absolute Gasteiger partial charge is 0.444 e. The summed E-state index contributed by atoms with van der Waals surface area (Å²) in [6.07, 6.45) is 1.51. The predicted molar refractivity (Wildman–Crippen MR) is 101 cm³/mol. The van der Waals surface area contributed by atoms with Crippen LogP contribution in [0, 0.1) is 17.8 Å². The van der Waals surface area contributed by atoms with Crippen LogP contribution in [0.25, 0.3) is 0 Å². The third-order valence-corrected chi connectivity index (χ3v) is 5.49. The molecule has 1 aromatic carbocycles. The number of carbonyl (C=O) groups is 4. The maximum atomic E-state index is 12.9. The first-order chi connectivity index (χ1) is 13.7. The van der Waals surface area contributed by atoms with Crippen LogP contribution in [0.3, 0.4) is 0 Å². The van der Waals surface area contributed by atoms with E-state index >= 15 is 0 Å². The Balaban J connectivity index is 1.47. The second-order valence-corrected chi connectivity index (χ2v) is 8.85. The van der Waals surface area contributed by atoms with Crippen LogP contribution in [0.15, 0.2) is 24.3 Å². The summed E-state index contributed by atoms with van der Waals surface area (Å²) in [7, 11) is 0. The first-order valence-electron chi connectivity index (χ1n) is 9.83. The van der Waals surface area contributed by atoms with Crippen molar-refractivity contribution in [2.45, 2.75) is 39.2 Å². The highest BCUT2D eigenvalue weighted by Gasteiger charge is 2.50. The first kappa shape index (κ1) is 19.4. The number of hydrogen-bond donors (Lipinski definition) is 0. The summed E-state index contributed by atoms with van der Waals surface area (Å²) in [5.74, 6) is -2.29. The lowest BCUT2D eigenvalue weighted by Crippen LogP contribution is -2.38. The van der Waals surface area contributed by atoms with Gasteiger partial charge in [0.05, 0.1) is 17.0 Å². The van der Waals surface area contributed by atoms with Crippen LogP contribution in [0.5, 0.6) is 0 Å².